The molecule has 0 unspecified atom stereocenters. The van der Waals surface area contributed by atoms with Gasteiger partial charge in [0.25, 0.3) is 5.91 Å². The van der Waals surface area contributed by atoms with E-state index in [-0.39, 0.29) is 11.7 Å². The molecule has 0 aliphatic carbocycles. The van der Waals surface area contributed by atoms with Crippen molar-refractivity contribution in [3.05, 3.63) is 52.1 Å². The van der Waals surface area contributed by atoms with E-state index in [0.717, 1.165) is 20.9 Å². The molecule has 0 saturated carbocycles. The average Bonchev–Trinajstić information content (AvgIpc) is 2.85. The van der Waals surface area contributed by atoms with Gasteiger partial charge in [-0.1, -0.05) is 27.6 Å². The van der Waals surface area contributed by atoms with E-state index in [1.165, 1.54) is 6.07 Å². The number of anilines is 1. The lowest BCUT2D eigenvalue weighted by Crippen LogP contribution is -2.12. The molecule has 0 atom stereocenters. The van der Waals surface area contributed by atoms with Crippen LogP contribution in [0.15, 0.2) is 40.9 Å². The topological polar surface area (TPSA) is 78.0 Å². The Morgan fingerprint density at radius 2 is 2.10 bits per heavy atom. The molecular formula is C15H12BrN3O2. The van der Waals surface area contributed by atoms with Crippen LogP contribution in [0.5, 0.6) is 5.75 Å². The van der Waals surface area contributed by atoms with Crippen LogP contribution < -0.4 is 5.32 Å². The number of rotatable bonds is 2. The van der Waals surface area contributed by atoms with Gasteiger partial charge in [-0.15, -0.1) is 0 Å². The number of carbonyl (C=O) groups excluding carboxylic acids is 1. The number of phenols is 1. The predicted molar refractivity (Wildman–Crippen MR) is 84.6 cm³/mol. The van der Waals surface area contributed by atoms with Gasteiger partial charge in [-0.3, -0.25) is 9.89 Å². The van der Waals surface area contributed by atoms with Crippen LogP contribution in [0.4, 0.5) is 5.69 Å². The average molecular weight is 346 g/mol. The molecule has 5 nitrogen and oxygen atoms in total. The van der Waals surface area contributed by atoms with E-state index in [1.807, 2.05) is 25.1 Å². The molecule has 1 heterocycles. The van der Waals surface area contributed by atoms with Gasteiger partial charge in [0.05, 0.1) is 11.2 Å². The smallest absolute Gasteiger partial charge is 0.276 e. The minimum absolute atomic E-state index is 0.00579. The number of phenolic OH excluding ortho intramolecular Hbond substituents is 1. The fourth-order valence-electron chi connectivity index (χ4n) is 2.09. The highest BCUT2D eigenvalue weighted by Gasteiger charge is 2.15. The summed E-state index contributed by atoms with van der Waals surface area (Å²) < 4.78 is 0.735. The highest BCUT2D eigenvalue weighted by atomic mass is 79.9. The van der Waals surface area contributed by atoms with Crippen molar-refractivity contribution in [2.75, 3.05) is 5.32 Å². The summed E-state index contributed by atoms with van der Waals surface area (Å²) in [5.74, 6) is -0.377. The molecule has 1 amide bonds. The number of aryl methyl sites for hydroxylation is 1. The van der Waals surface area contributed by atoms with E-state index in [0.29, 0.717) is 11.4 Å². The number of nitrogens with one attached hydrogen (secondary N) is 2. The standard InChI is InChI=1S/C15H12BrN3O2/c1-8-2-4-11-10(6-8)14(19-18-11)15(21)17-12-5-3-9(16)7-13(12)20/h2-7,20H,1H3,(H,17,21)(H,18,19). The van der Waals surface area contributed by atoms with Crippen LogP contribution in [0, 0.1) is 6.92 Å². The molecule has 2 aromatic carbocycles. The zero-order chi connectivity index (χ0) is 15.0. The molecule has 0 fully saturated rings. The van der Waals surface area contributed by atoms with Gasteiger partial charge in [-0.25, -0.2) is 0 Å². The fraction of sp³-hybridized carbons (Fsp3) is 0.0667. The normalized spacial score (nSPS) is 10.8. The molecule has 0 aliphatic rings. The summed E-state index contributed by atoms with van der Waals surface area (Å²) in [4.78, 5) is 12.3. The Hall–Kier alpha value is -2.34. The Balaban J connectivity index is 1.95. The van der Waals surface area contributed by atoms with Gasteiger partial charge in [0.2, 0.25) is 0 Å². The number of benzene rings is 2. The number of carbonyl (C=O) groups is 1. The minimum Gasteiger partial charge on any atom is -0.506 e. The van der Waals surface area contributed by atoms with Crippen molar-refractivity contribution in [3.63, 3.8) is 0 Å². The monoisotopic (exact) mass is 345 g/mol. The third-order valence-electron chi connectivity index (χ3n) is 3.14. The number of amides is 1. The SMILES string of the molecule is Cc1ccc2[nH]nc(C(=O)Nc3ccc(Br)cc3O)c2c1. The second-order valence-electron chi connectivity index (χ2n) is 4.74. The predicted octanol–water partition coefficient (Wildman–Crippen LogP) is 3.59. The number of halogens is 1. The zero-order valence-electron chi connectivity index (χ0n) is 11.1. The number of aromatic amines is 1. The van der Waals surface area contributed by atoms with Gasteiger partial charge >= 0.3 is 0 Å². The molecule has 0 aliphatic heterocycles. The lowest BCUT2D eigenvalue weighted by molar-refractivity contribution is 0.102. The number of aromatic nitrogens is 2. The maximum absolute atomic E-state index is 12.3. The van der Waals surface area contributed by atoms with Gasteiger partial charge in [-0.2, -0.15) is 5.10 Å². The van der Waals surface area contributed by atoms with Crippen molar-refractivity contribution in [2.24, 2.45) is 0 Å². The van der Waals surface area contributed by atoms with E-state index < -0.39 is 0 Å². The summed E-state index contributed by atoms with van der Waals surface area (Å²) in [6, 6.07) is 10.6. The van der Waals surface area contributed by atoms with Crippen LogP contribution in [0.3, 0.4) is 0 Å². The van der Waals surface area contributed by atoms with Gasteiger partial charge < -0.3 is 10.4 Å². The summed E-state index contributed by atoms with van der Waals surface area (Å²) >= 11 is 3.25. The number of hydrogen-bond acceptors (Lipinski definition) is 3. The van der Waals surface area contributed by atoms with Crippen molar-refractivity contribution in [3.8, 4) is 5.75 Å². The molecule has 106 valence electrons. The Kier molecular flexibility index (Phi) is 3.39. The second-order valence-corrected chi connectivity index (χ2v) is 5.65. The van der Waals surface area contributed by atoms with Crippen LogP contribution in [0.25, 0.3) is 10.9 Å². The van der Waals surface area contributed by atoms with Crippen LogP contribution in [-0.4, -0.2) is 21.2 Å². The number of nitrogens with zero attached hydrogens (tertiary/aromatic N) is 1. The van der Waals surface area contributed by atoms with Crippen LogP contribution in [-0.2, 0) is 0 Å². The van der Waals surface area contributed by atoms with E-state index in [2.05, 4.69) is 31.4 Å². The molecular weight excluding hydrogens is 334 g/mol. The third kappa shape index (κ3) is 2.62. The molecule has 3 aromatic rings. The van der Waals surface area contributed by atoms with E-state index in [1.54, 1.807) is 12.1 Å². The quantitative estimate of drug-likeness (QED) is 0.621. The Morgan fingerprint density at radius 3 is 2.86 bits per heavy atom. The number of H-pyrrole nitrogens is 1. The van der Waals surface area contributed by atoms with Gasteiger partial charge in [-0.05, 0) is 37.3 Å². The molecule has 1 aromatic heterocycles. The molecule has 0 spiro atoms. The summed E-state index contributed by atoms with van der Waals surface area (Å²) in [6.07, 6.45) is 0. The highest BCUT2D eigenvalue weighted by molar-refractivity contribution is 9.10. The summed E-state index contributed by atoms with van der Waals surface area (Å²) in [7, 11) is 0. The fourth-order valence-corrected chi connectivity index (χ4v) is 2.44. The molecule has 3 rings (SSSR count). The lowest BCUT2D eigenvalue weighted by atomic mass is 10.1. The van der Waals surface area contributed by atoms with Gasteiger partial charge in [0, 0.05) is 9.86 Å². The minimum atomic E-state index is -0.371. The largest absolute Gasteiger partial charge is 0.506 e. The summed E-state index contributed by atoms with van der Waals surface area (Å²) in [6.45, 7) is 1.95. The van der Waals surface area contributed by atoms with Crippen molar-refractivity contribution < 1.29 is 9.90 Å². The first-order valence-electron chi connectivity index (χ1n) is 6.29. The number of hydrogen-bond donors (Lipinski definition) is 3. The first-order chi connectivity index (χ1) is 10.0. The van der Waals surface area contributed by atoms with Gasteiger partial charge in [0.1, 0.15) is 5.75 Å². The van der Waals surface area contributed by atoms with E-state index >= 15 is 0 Å². The van der Waals surface area contributed by atoms with Crippen molar-refractivity contribution in [2.45, 2.75) is 6.92 Å². The summed E-state index contributed by atoms with van der Waals surface area (Å²) in [5.41, 5.74) is 2.48. The van der Waals surface area contributed by atoms with Crippen LogP contribution in [0.1, 0.15) is 16.1 Å². The maximum Gasteiger partial charge on any atom is 0.276 e. The molecule has 21 heavy (non-hydrogen) atoms. The number of aromatic hydroxyl groups is 1. The first kappa shape index (κ1) is 13.6. The molecule has 3 N–H and O–H groups in total. The number of fused-ring (bicyclic) bond motifs is 1. The highest BCUT2D eigenvalue weighted by Crippen LogP contribution is 2.27. The Morgan fingerprint density at radius 1 is 1.29 bits per heavy atom. The van der Waals surface area contributed by atoms with Crippen LogP contribution in [0.2, 0.25) is 0 Å². The molecule has 0 bridgehead atoms. The van der Waals surface area contributed by atoms with Crippen molar-refractivity contribution in [1.29, 1.82) is 0 Å². The Bertz CT molecular complexity index is 842. The van der Waals surface area contributed by atoms with Crippen molar-refractivity contribution in [1.82, 2.24) is 10.2 Å². The zero-order valence-corrected chi connectivity index (χ0v) is 12.7. The van der Waals surface area contributed by atoms with E-state index in [4.69, 9.17) is 0 Å². The molecule has 6 heteroatoms. The lowest BCUT2D eigenvalue weighted by Gasteiger charge is -2.06. The summed E-state index contributed by atoms with van der Waals surface area (Å²) in [5, 5.41) is 20.1. The van der Waals surface area contributed by atoms with Gasteiger partial charge in [0.15, 0.2) is 5.69 Å². The van der Waals surface area contributed by atoms with Crippen LogP contribution >= 0.6 is 15.9 Å². The Labute approximate surface area is 129 Å². The molecule has 0 radical (unpaired) electrons. The molecule has 0 saturated heterocycles. The van der Waals surface area contributed by atoms with E-state index in [9.17, 15) is 9.90 Å². The van der Waals surface area contributed by atoms with Crippen molar-refractivity contribution >= 4 is 38.4 Å². The second kappa shape index (κ2) is 5.21. The third-order valence-corrected chi connectivity index (χ3v) is 3.63. The maximum atomic E-state index is 12.3. The first-order valence-corrected chi connectivity index (χ1v) is 7.08.